The fourth-order valence-corrected chi connectivity index (χ4v) is 1.49. The van der Waals surface area contributed by atoms with Crippen molar-refractivity contribution in [2.45, 2.75) is 0 Å². The van der Waals surface area contributed by atoms with Crippen LogP contribution >= 0.6 is 23.4 Å². The molecule has 1 aromatic carbocycles. The minimum absolute atomic E-state index is 0.433. The average Bonchev–Trinajstić information content (AvgIpc) is 2.28. The fraction of sp³-hybridized carbons (Fsp3) is 0.200. The number of hydrogen-bond acceptors (Lipinski definition) is 3. The van der Waals surface area contributed by atoms with Gasteiger partial charge in [0.05, 0.1) is 6.21 Å². The van der Waals surface area contributed by atoms with Gasteiger partial charge < -0.3 is 5.73 Å². The molecule has 0 unspecified atom stereocenters. The number of nitrogens with zero attached hydrogens (tertiary/aromatic N) is 2. The quantitative estimate of drug-likeness (QED) is 0.381. The monoisotopic (exact) mass is 241 g/mol. The number of amidine groups is 1. The molecule has 0 fully saturated rings. The van der Waals surface area contributed by atoms with Gasteiger partial charge in [-0.2, -0.15) is 5.10 Å². The summed E-state index contributed by atoms with van der Waals surface area (Å²) in [4.78, 5) is 0. The van der Waals surface area contributed by atoms with Crippen LogP contribution in [-0.2, 0) is 0 Å². The molecule has 0 saturated carbocycles. The van der Waals surface area contributed by atoms with E-state index in [0.29, 0.717) is 11.0 Å². The predicted octanol–water partition coefficient (Wildman–Crippen LogP) is 2.31. The molecule has 80 valence electrons. The summed E-state index contributed by atoms with van der Waals surface area (Å²) in [5, 5.41) is 8.13. The summed E-state index contributed by atoms with van der Waals surface area (Å²) in [6.07, 6.45) is 1.66. The lowest BCUT2D eigenvalue weighted by molar-refractivity contribution is 1.25. The van der Waals surface area contributed by atoms with Crippen molar-refractivity contribution in [1.82, 2.24) is 0 Å². The summed E-state index contributed by atoms with van der Waals surface area (Å²) in [5.41, 5.74) is 6.56. The highest BCUT2D eigenvalue weighted by Crippen LogP contribution is 2.00. The van der Waals surface area contributed by atoms with E-state index in [4.69, 9.17) is 17.3 Å². The third kappa shape index (κ3) is 5.44. The molecular formula is C10H12ClN3S. The largest absolute Gasteiger partial charge is 0.377 e. The van der Waals surface area contributed by atoms with Gasteiger partial charge in [0.1, 0.15) is 0 Å². The highest BCUT2D eigenvalue weighted by Gasteiger charge is 1.90. The Balaban J connectivity index is 2.45. The van der Waals surface area contributed by atoms with Crippen molar-refractivity contribution in [3.8, 4) is 0 Å². The molecule has 0 aliphatic rings. The second-order valence-corrected chi connectivity index (χ2v) is 4.12. The van der Waals surface area contributed by atoms with Crippen molar-refractivity contribution in [2.24, 2.45) is 15.9 Å². The molecule has 1 aromatic rings. The molecule has 0 spiro atoms. The van der Waals surface area contributed by atoms with Gasteiger partial charge in [0.25, 0.3) is 0 Å². The molecule has 0 heterocycles. The Bertz CT molecular complexity index is 338. The molecule has 1 rings (SSSR count). The molecular weight excluding hydrogens is 230 g/mol. The molecule has 0 radical (unpaired) electrons. The maximum atomic E-state index is 5.56. The Morgan fingerprint density at radius 2 is 2.13 bits per heavy atom. The molecule has 3 nitrogen and oxygen atoms in total. The lowest BCUT2D eigenvalue weighted by atomic mass is 10.2. The average molecular weight is 242 g/mol. The van der Waals surface area contributed by atoms with E-state index in [1.165, 1.54) is 11.8 Å². The first-order valence-corrected chi connectivity index (χ1v) is 5.95. The molecule has 0 saturated heterocycles. The zero-order valence-corrected chi connectivity index (χ0v) is 9.71. The number of rotatable bonds is 4. The Hall–Kier alpha value is -1.000. The first kappa shape index (κ1) is 12.1. The number of benzene rings is 1. The van der Waals surface area contributed by atoms with Gasteiger partial charge in [0, 0.05) is 11.6 Å². The van der Waals surface area contributed by atoms with Crippen LogP contribution in [0.2, 0.25) is 0 Å². The molecule has 5 heteroatoms. The second-order valence-electron chi connectivity index (χ2n) is 2.63. The van der Waals surface area contributed by atoms with Crippen LogP contribution < -0.4 is 5.73 Å². The van der Waals surface area contributed by atoms with Crippen LogP contribution in [0.4, 0.5) is 0 Å². The number of hydrogen-bond donors (Lipinski definition) is 1. The Kier molecular flexibility index (Phi) is 5.88. The summed E-state index contributed by atoms with van der Waals surface area (Å²) in [6, 6.07) is 9.72. The smallest absolute Gasteiger partial charge is 0.180 e. The van der Waals surface area contributed by atoms with Gasteiger partial charge in [-0.25, -0.2) is 0 Å². The van der Waals surface area contributed by atoms with Crippen molar-refractivity contribution < 1.29 is 0 Å². The van der Waals surface area contributed by atoms with E-state index in [2.05, 4.69) is 10.2 Å². The van der Waals surface area contributed by atoms with Crippen LogP contribution in [0.15, 0.2) is 40.5 Å². The van der Waals surface area contributed by atoms with Crippen LogP contribution in [0, 0.1) is 0 Å². The van der Waals surface area contributed by atoms with E-state index in [0.717, 1.165) is 11.3 Å². The van der Waals surface area contributed by atoms with Crippen LogP contribution in [-0.4, -0.2) is 23.0 Å². The summed E-state index contributed by atoms with van der Waals surface area (Å²) < 4.78 is 0. The zero-order valence-electron chi connectivity index (χ0n) is 8.14. The summed E-state index contributed by atoms with van der Waals surface area (Å²) in [6.45, 7) is 0. The van der Waals surface area contributed by atoms with Crippen molar-refractivity contribution in [1.29, 1.82) is 0 Å². The third-order valence-electron chi connectivity index (χ3n) is 1.49. The molecule has 2 N–H and O–H groups in total. The fourth-order valence-electron chi connectivity index (χ4n) is 0.864. The van der Waals surface area contributed by atoms with Gasteiger partial charge in [0.2, 0.25) is 0 Å². The maximum absolute atomic E-state index is 5.56. The van der Waals surface area contributed by atoms with Crippen LogP contribution in [0.1, 0.15) is 5.56 Å². The number of halogens is 1. The van der Waals surface area contributed by atoms with Crippen molar-refractivity contribution >= 4 is 34.7 Å². The van der Waals surface area contributed by atoms with Gasteiger partial charge in [-0.3, -0.25) is 0 Å². The van der Waals surface area contributed by atoms with Gasteiger partial charge >= 0.3 is 0 Å². The molecule has 0 amide bonds. The Labute approximate surface area is 98.4 Å². The predicted molar refractivity (Wildman–Crippen MR) is 68.8 cm³/mol. The van der Waals surface area contributed by atoms with Gasteiger partial charge in [0.15, 0.2) is 5.17 Å². The molecule has 0 atom stereocenters. The van der Waals surface area contributed by atoms with Crippen LogP contribution in [0.25, 0.3) is 0 Å². The number of nitrogens with two attached hydrogens (primary N) is 1. The van der Waals surface area contributed by atoms with Gasteiger partial charge in [-0.15, -0.1) is 16.7 Å². The second kappa shape index (κ2) is 7.31. The van der Waals surface area contributed by atoms with E-state index in [9.17, 15) is 0 Å². The third-order valence-corrected chi connectivity index (χ3v) is 2.69. The van der Waals surface area contributed by atoms with Crippen LogP contribution in [0.3, 0.4) is 0 Å². The Morgan fingerprint density at radius 3 is 2.80 bits per heavy atom. The zero-order chi connectivity index (χ0) is 10.9. The van der Waals surface area contributed by atoms with Crippen molar-refractivity contribution in [2.75, 3.05) is 11.6 Å². The number of alkyl halides is 1. The van der Waals surface area contributed by atoms with Crippen molar-refractivity contribution in [3.05, 3.63) is 35.9 Å². The molecule has 15 heavy (non-hydrogen) atoms. The lowest BCUT2D eigenvalue weighted by Gasteiger charge is -1.93. The van der Waals surface area contributed by atoms with E-state index >= 15 is 0 Å². The summed E-state index contributed by atoms with van der Waals surface area (Å²) in [7, 11) is 0. The first-order chi connectivity index (χ1) is 7.33. The lowest BCUT2D eigenvalue weighted by Crippen LogP contribution is -2.06. The highest BCUT2D eigenvalue weighted by atomic mass is 35.5. The SMILES string of the molecule is NC(=NN=Cc1ccccc1)SCCCl. The van der Waals surface area contributed by atoms with E-state index in [-0.39, 0.29) is 0 Å². The van der Waals surface area contributed by atoms with E-state index in [1.807, 2.05) is 30.3 Å². The topological polar surface area (TPSA) is 50.7 Å². The molecule has 0 bridgehead atoms. The first-order valence-electron chi connectivity index (χ1n) is 4.43. The minimum Gasteiger partial charge on any atom is -0.377 e. The highest BCUT2D eigenvalue weighted by molar-refractivity contribution is 8.13. The molecule has 0 aromatic heterocycles. The summed E-state index contributed by atoms with van der Waals surface area (Å²) in [5.74, 6) is 1.31. The normalized spacial score (nSPS) is 12.2. The standard InChI is InChI=1S/C10H12ClN3S/c11-6-7-15-10(12)14-13-8-9-4-2-1-3-5-9/h1-5,8H,6-7H2,(H2,12,14). The van der Waals surface area contributed by atoms with Gasteiger partial charge in [-0.05, 0) is 5.56 Å². The van der Waals surface area contributed by atoms with Crippen LogP contribution in [0.5, 0.6) is 0 Å². The Morgan fingerprint density at radius 1 is 1.40 bits per heavy atom. The van der Waals surface area contributed by atoms with Crippen molar-refractivity contribution in [3.63, 3.8) is 0 Å². The van der Waals surface area contributed by atoms with E-state index < -0.39 is 0 Å². The maximum Gasteiger partial charge on any atom is 0.180 e. The number of thioether (sulfide) groups is 1. The molecule has 0 aliphatic heterocycles. The van der Waals surface area contributed by atoms with Gasteiger partial charge in [-0.1, -0.05) is 42.1 Å². The summed E-state index contributed by atoms with van der Waals surface area (Å²) >= 11 is 6.90. The molecule has 0 aliphatic carbocycles. The van der Waals surface area contributed by atoms with E-state index in [1.54, 1.807) is 6.21 Å². The minimum atomic E-state index is 0.433.